The molecule has 3 rings (SSSR count). The zero-order chi connectivity index (χ0) is 14.3. The molecule has 0 saturated heterocycles. The molecule has 0 fully saturated rings. The molecule has 2 aromatic rings. The molecule has 106 valence electrons. The molecule has 5 nitrogen and oxygen atoms in total. The fraction of sp³-hybridized carbons (Fsp3) is 0.385. The zero-order valence-corrected chi connectivity index (χ0v) is 11.7. The molecule has 20 heavy (non-hydrogen) atoms. The third-order valence-corrected chi connectivity index (χ3v) is 3.76. The fourth-order valence-corrected chi connectivity index (χ4v) is 2.66. The first kappa shape index (κ1) is 13.2. The maximum atomic E-state index is 14.0. The molecule has 0 saturated carbocycles. The minimum atomic E-state index is -0.611. The standard InChI is InChI=1S/C13H13ClFN3O2/c1-20-13-7-12(9(15)6-8(13)14)17-16-10-4-2-3-5-11(10)18(17)19/h6-7H,2-5H2,1H3. The van der Waals surface area contributed by atoms with E-state index in [4.69, 9.17) is 16.3 Å². The lowest BCUT2D eigenvalue weighted by Crippen LogP contribution is -2.41. The van der Waals surface area contributed by atoms with Gasteiger partial charge >= 0.3 is 0 Å². The van der Waals surface area contributed by atoms with E-state index in [1.54, 1.807) is 0 Å². The van der Waals surface area contributed by atoms with Crippen molar-refractivity contribution in [3.8, 4) is 11.4 Å². The summed E-state index contributed by atoms with van der Waals surface area (Å²) in [4.78, 5) is 1.68. The molecule has 0 bridgehead atoms. The van der Waals surface area contributed by atoms with Gasteiger partial charge in [0.25, 0.3) is 0 Å². The fourth-order valence-electron chi connectivity index (χ4n) is 2.44. The summed E-state index contributed by atoms with van der Waals surface area (Å²) in [5, 5.41) is 16.6. The second kappa shape index (κ2) is 4.94. The van der Waals surface area contributed by atoms with Crippen LogP contribution in [0, 0.1) is 11.0 Å². The first-order valence-electron chi connectivity index (χ1n) is 6.36. The van der Waals surface area contributed by atoms with Crippen LogP contribution in [0.2, 0.25) is 5.02 Å². The number of fused-ring (bicyclic) bond motifs is 1. The molecule has 1 aliphatic rings. The number of ether oxygens (including phenoxy) is 1. The normalized spacial score (nSPS) is 14.2. The molecular weight excluding hydrogens is 285 g/mol. The van der Waals surface area contributed by atoms with Crippen LogP contribution in [0.4, 0.5) is 4.39 Å². The average Bonchev–Trinajstić information content (AvgIpc) is 2.77. The molecule has 1 heterocycles. The Bertz CT molecular complexity index is 672. The number of nitrogens with zero attached hydrogens (tertiary/aromatic N) is 3. The summed E-state index contributed by atoms with van der Waals surface area (Å²) in [5.41, 5.74) is 1.39. The third-order valence-electron chi connectivity index (χ3n) is 3.47. The molecule has 0 unspecified atom stereocenters. The minimum Gasteiger partial charge on any atom is -0.692 e. The van der Waals surface area contributed by atoms with Crippen LogP contribution in [-0.2, 0) is 12.8 Å². The minimum absolute atomic E-state index is 0.0376. The first-order valence-corrected chi connectivity index (χ1v) is 6.73. The van der Waals surface area contributed by atoms with Crippen LogP contribution in [0.25, 0.3) is 5.69 Å². The van der Waals surface area contributed by atoms with Crippen molar-refractivity contribution in [2.75, 3.05) is 7.11 Å². The molecule has 1 aromatic heterocycles. The van der Waals surface area contributed by atoms with Gasteiger partial charge in [0.1, 0.15) is 5.75 Å². The lowest BCUT2D eigenvalue weighted by Gasteiger charge is -2.10. The largest absolute Gasteiger partial charge is 0.692 e. The monoisotopic (exact) mass is 297 g/mol. The van der Waals surface area contributed by atoms with Crippen molar-refractivity contribution in [2.24, 2.45) is 0 Å². The summed E-state index contributed by atoms with van der Waals surface area (Å²) in [6, 6.07) is 2.50. The number of benzene rings is 1. The number of hydrogen-bond donors (Lipinski definition) is 0. The number of aromatic nitrogens is 3. The van der Waals surface area contributed by atoms with Crippen LogP contribution in [-0.4, -0.2) is 17.0 Å². The summed E-state index contributed by atoms with van der Waals surface area (Å²) in [7, 11) is 1.43. The molecule has 1 aromatic carbocycles. The van der Waals surface area contributed by atoms with Gasteiger partial charge in [0.15, 0.2) is 17.2 Å². The smallest absolute Gasteiger partial charge is 0.222 e. The van der Waals surface area contributed by atoms with Gasteiger partial charge in [-0.1, -0.05) is 11.6 Å². The van der Waals surface area contributed by atoms with Gasteiger partial charge in [-0.25, -0.2) is 4.39 Å². The molecule has 0 radical (unpaired) electrons. The number of aryl methyl sites for hydroxylation is 1. The Labute approximate surface area is 120 Å². The van der Waals surface area contributed by atoms with Crippen LogP contribution in [0.1, 0.15) is 24.2 Å². The van der Waals surface area contributed by atoms with Gasteiger partial charge in [0.2, 0.25) is 5.69 Å². The van der Waals surface area contributed by atoms with E-state index in [0.717, 1.165) is 35.8 Å². The highest BCUT2D eigenvalue weighted by Crippen LogP contribution is 2.29. The van der Waals surface area contributed by atoms with Gasteiger partial charge in [-0.2, -0.15) is 0 Å². The highest BCUT2D eigenvalue weighted by Gasteiger charge is 2.27. The van der Waals surface area contributed by atoms with Gasteiger partial charge in [-0.3, -0.25) is 0 Å². The molecule has 0 N–H and O–H groups in total. The Kier molecular flexibility index (Phi) is 3.25. The van der Waals surface area contributed by atoms with Crippen molar-refractivity contribution < 1.29 is 14.0 Å². The quantitative estimate of drug-likeness (QED) is 0.631. The first-order chi connectivity index (χ1) is 9.61. The summed E-state index contributed by atoms with van der Waals surface area (Å²) < 4.78 is 19.1. The maximum absolute atomic E-state index is 14.0. The lowest BCUT2D eigenvalue weighted by atomic mass is 10.0. The summed E-state index contributed by atoms with van der Waals surface area (Å²) >= 11 is 5.85. The third kappa shape index (κ3) is 2.00. The van der Waals surface area contributed by atoms with E-state index in [-0.39, 0.29) is 10.7 Å². The second-order valence-electron chi connectivity index (χ2n) is 4.70. The van der Waals surface area contributed by atoms with Gasteiger partial charge in [-0.05, 0) is 23.7 Å². The van der Waals surface area contributed by atoms with Crippen LogP contribution < -0.4 is 9.58 Å². The van der Waals surface area contributed by atoms with Crippen LogP contribution in [0.15, 0.2) is 12.1 Å². The molecule has 0 atom stereocenters. The van der Waals surface area contributed by atoms with Crippen LogP contribution in [0.3, 0.4) is 0 Å². The molecule has 0 aliphatic heterocycles. The average molecular weight is 298 g/mol. The van der Waals surface area contributed by atoms with Gasteiger partial charge in [-0.15, -0.1) is 4.85 Å². The Morgan fingerprint density at radius 1 is 1.40 bits per heavy atom. The predicted molar refractivity (Wildman–Crippen MR) is 70.7 cm³/mol. The van der Waals surface area contributed by atoms with Gasteiger partial charge in [0, 0.05) is 24.0 Å². The maximum Gasteiger partial charge on any atom is 0.222 e. The van der Waals surface area contributed by atoms with E-state index in [9.17, 15) is 9.60 Å². The van der Waals surface area contributed by atoms with Gasteiger partial charge in [0.05, 0.1) is 12.1 Å². The number of methoxy groups -OCH3 is 1. The van der Waals surface area contributed by atoms with E-state index in [0.29, 0.717) is 22.7 Å². The van der Waals surface area contributed by atoms with Crippen molar-refractivity contribution in [1.82, 2.24) is 9.90 Å². The highest BCUT2D eigenvalue weighted by molar-refractivity contribution is 6.32. The summed E-state index contributed by atoms with van der Waals surface area (Å²) in [6.07, 6.45) is 3.37. The number of hydrogen-bond acceptors (Lipinski definition) is 3. The SMILES string of the molecule is COc1cc(-n2nc3c([n+]2[O-])CCCC3)c(F)cc1Cl. The van der Waals surface area contributed by atoms with Gasteiger partial charge < -0.3 is 9.94 Å². The van der Waals surface area contributed by atoms with E-state index >= 15 is 0 Å². The molecule has 0 amide bonds. The highest BCUT2D eigenvalue weighted by atomic mass is 35.5. The number of rotatable bonds is 2. The Morgan fingerprint density at radius 2 is 2.15 bits per heavy atom. The Hall–Kier alpha value is -1.82. The number of halogens is 2. The van der Waals surface area contributed by atoms with E-state index in [1.807, 2.05) is 0 Å². The van der Waals surface area contributed by atoms with E-state index in [2.05, 4.69) is 5.10 Å². The lowest BCUT2D eigenvalue weighted by molar-refractivity contribution is -0.696. The summed E-state index contributed by atoms with van der Waals surface area (Å²) in [6.45, 7) is 0. The van der Waals surface area contributed by atoms with Crippen molar-refractivity contribution in [2.45, 2.75) is 25.7 Å². The second-order valence-corrected chi connectivity index (χ2v) is 5.11. The zero-order valence-electron chi connectivity index (χ0n) is 10.9. The topological polar surface area (TPSA) is 54.0 Å². The Balaban J connectivity index is 2.16. The summed E-state index contributed by atoms with van der Waals surface area (Å²) in [5.74, 6) is -0.309. The Morgan fingerprint density at radius 3 is 2.85 bits per heavy atom. The van der Waals surface area contributed by atoms with Crippen LogP contribution >= 0.6 is 11.6 Å². The molecule has 7 heteroatoms. The van der Waals surface area contributed by atoms with E-state index in [1.165, 1.54) is 13.2 Å². The molecule has 1 aliphatic carbocycles. The van der Waals surface area contributed by atoms with E-state index < -0.39 is 5.82 Å². The van der Waals surface area contributed by atoms with Crippen molar-refractivity contribution in [3.05, 3.63) is 39.6 Å². The predicted octanol–water partition coefficient (Wildman–Crippen LogP) is 2.19. The van der Waals surface area contributed by atoms with Crippen molar-refractivity contribution in [3.63, 3.8) is 0 Å². The molecular formula is C13H13ClFN3O2. The van der Waals surface area contributed by atoms with Crippen LogP contribution in [0.5, 0.6) is 5.75 Å². The van der Waals surface area contributed by atoms with Crippen molar-refractivity contribution >= 4 is 11.6 Å². The van der Waals surface area contributed by atoms with Crippen molar-refractivity contribution in [1.29, 1.82) is 0 Å². The molecule has 0 spiro atoms.